The molecule has 0 bridgehead atoms. The number of hydrogen-bond donors (Lipinski definition) is 0. The smallest absolute Gasteiger partial charge is 0.227 e. The van der Waals surface area contributed by atoms with E-state index in [1.807, 2.05) is 34.7 Å². The van der Waals surface area contributed by atoms with Gasteiger partial charge in [-0.3, -0.25) is 4.79 Å². The van der Waals surface area contributed by atoms with Crippen molar-refractivity contribution in [2.24, 2.45) is 0 Å². The number of halogens is 1. The Bertz CT molecular complexity index is 1120. The van der Waals surface area contributed by atoms with Gasteiger partial charge in [0.15, 0.2) is 0 Å². The van der Waals surface area contributed by atoms with E-state index in [0.29, 0.717) is 19.7 Å². The van der Waals surface area contributed by atoms with Gasteiger partial charge in [-0.1, -0.05) is 37.3 Å². The number of benzene rings is 2. The summed E-state index contributed by atoms with van der Waals surface area (Å²) >= 11 is 0. The number of amides is 1. The standard InChI is InChI=1S/C28H36FN5O2/c1-4-31-14-16-32(17-15-31)28-26(22(2)30-34(28)25-8-6-5-7-9-25)21-33(18-19-36-3)27(35)20-23-10-12-24(29)13-11-23/h5-13H,4,14-21H2,1-3H3. The van der Waals surface area contributed by atoms with E-state index in [9.17, 15) is 9.18 Å². The number of likely N-dealkylation sites (N-methyl/N-ethyl adjacent to an activating group) is 1. The number of hydrogen-bond acceptors (Lipinski definition) is 5. The molecule has 8 heteroatoms. The molecule has 2 heterocycles. The first-order valence-electron chi connectivity index (χ1n) is 12.6. The Morgan fingerprint density at radius 2 is 1.75 bits per heavy atom. The minimum Gasteiger partial charge on any atom is -0.383 e. The van der Waals surface area contributed by atoms with Crippen molar-refractivity contribution in [2.75, 3.05) is 57.9 Å². The summed E-state index contributed by atoms with van der Waals surface area (Å²) in [6, 6.07) is 16.3. The number of methoxy groups -OCH3 is 1. The molecule has 0 N–H and O–H groups in total. The summed E-state index contributed by atoms with van der Waals surface area (Å²) in [4.78, 5) is 20.1. The number of rotatable bonds is 10. The number of carbonyl (C=O) groups excluding carboxylic acids is 1. The summed E-state index contributed by atoms with van der Waals surface area (Å²) < 4.78 is 20.7. The van der Waals surface area contributed by atoms with Crippen molar-refractivity contribution in [2.45, 2.75) is 26.8 Å². The second kappa shape index (κ2) is 12.1. The second-order valence-electron chi connectivity index (χ2n) is 9.17. The van der Waals surface area contributed by atoms with E-state index in [-0.39, 0.29) is 18.1 Å². The molecular formula is C28H36FN5O2. The number of ether oxygens (including phenoxy) is 1. The molecule has 1 aliphatic rings. The molecule has 3 aromatic rings. The van der Waals surface area contributed by atoms with Gasteiger partial charge < -0.3 is 19.4 Å². The molecule has 7 nitrogen and oxygen atoms in total. The van der Waals surface area contributed by atoms with Crippen LogP contribution in [0.2, 0.25) is 0 Å². The Morgan fingerprint density at radius 1 is 1.06 bits per heavy atom. The Balaban J connectivity index is 1.66. The fourth-order valence-corrected chi connectivity index (χ4v) is 4.66. The zero-order valence-electron chi connectivity index (χ0n) is 21.5. The van der Waals surface area contributed by atoms with Crippen molar-refractivity contribution in [3.05, 3.63) is 77.2 Å². The number of piperazine rings is 1. The lowest BCUT2D eigenvalue weighted by Gasteiger charge is -2.36. The maximum absolute atomic E-state index is 13.4. The Morgan fingerprint density at radius 3 is 2.39 bits per heavy atom. The Hall–Kier alpha value is -3.23. The van der Waals surface area contributed by atoms with Crippen LogP contribution in [0.5, 0.6) is 0 Å². The van der Waals surface area contributed by atoms with Crippen LogP contribution in [0.3, 0.4) is 0 Å². The third kappa shape index (κ3) is 6.12. The highest BCUT2D eigenvalue weighted by molar-refractivity contribution is 5.79. The summed E-state index contributed by atoms with van der Waals surface area (Å²) in [6.07, 6.45) is 0.209. The summed E-state index contributed by atoms with van der Waals surface area (Å²) in [5, 5.41) is 4.93. The van der Waals surface area contributed by atoms with Crippen LogP contribution in [0.4, 0.5) is 10.2 Å². The Labute approximate surface area is 213 Å². The van der Waals surface area contributed by atoms with E-state index in [1.54, 1.807) is 19.2 Å². The number of aryl methyl sites for hydroxylation is 1. The summed E-state index contributed by atoms with van der Waals surface area (Å²) in [6.45, 7) is 10.4. The first-order valence-corrected chi connectivity index (χ1v) is 12.6. The highest BCUT2D eigenvalue weighted by Gasteiger charge is 2.27. The zero-order valence-corrected chi connectivity index (χ0v) is 21.5. The first kappa shape index (κ1) is 25.9. The van der Waals surface area contributed by atoms with Crippen LogP contribution in [-0.2, 0) is 22.5 Å². The monoisotopic (exact) mass is 493 g/mol. The van der Waals surface area contributed by atoms with E-state index in [1.165, 1.54) is 12.1 Å². The highest BCUT2D eigenvalue weighted by atomic mass is 19.1. The van der Waals surface area contributed by atoms with Gasteiger partial charge in [-0.25, -0.2) is 9.07 Å². The molecule has 0 unspecified atom stereocenters. The second-order valence-corrected chi connectivity index (χ2v) is 9.17. The van der Waals surface area contributed by atoms with Crippen LogP contribution in [0.15, 0.2) is 54.6 Å². The molecular weight excluding hydrogens is 457 g/mol. The molecule has 0 radical (unpaired) electrons. The number of para-hydroxylation sites is 1. The fraction of sp³-hybridized carbons (Fsp3) is 0.429. The molecule has 0 atom stereocenters. The quantitative estimate of drug-likeness (QED) is 0.431. The maximum atomic E-state index is 13.4. The lowest BCUT2D eigenvalue weighted by atomic mass is 10.1. The van der Waals surface area contributed by atoms with Crippen molar-refractivity contribution >= 4 is 11.7 Å². The number of aromatic nitrogens is 2. The Kier molecular flexibility index (Phi) is 8.72. The van der Waals surface area contributed by atoms with E-state index >= 15 is 0 Å². The van der Waals surface area contributed by atoms with Gasteiger partial charge in [-0.05, 0) is 43.3 Å². The highest BCUT2D eigenvalue weighted by Crippen LogP contribution is 2.30. The van der Waals surface area contributed by atoms with Crippen molar-refractivity contribution in [3.8, 4) is 5.69 Å². The average Bonchev–Trinajstić information content (AvgIpc) is 3.24. The SMILES string of the molecule is CCN1CCN(c2c(CN(CCOC)C(=O)Cc3ccc(F)cc3)c(C)nn2-c2ccccc2)CC1. The molecule has 0 saturated carbocycles. The number of anilines is 1. The van der Waals surface area contributed by atoms with Crippen LogP contribution in [0, 0.1) is 12.7 Å². The third-order valence-corrected chi connectivity index (χ3v) is 6.81. The normalized spacial score (nSPS) is 14.3. The van der Waals surface area contributed by atoms with Gasteiger partial charge in [0.05, 0.1) is 31.0 Å². The van der Waals surface area contributed by atoms with Crippen LogP contribution in [0.1, 0.15) is 23.7 Å². The van der Waals surface area contributed by atoms with Gasteiger partial charge in [-0.15, -0.1) is 0 Å². The van der Waals surface area contributed by atoms with Gasteiger partial charge >= 0.3 is 0 Å². The molecule has 1 fully saturated rings. The van der Waals surface area contributed by atoms with Crippen molar-refractivity contribution in [1.82, 2.24) is 19.6 Å². The van der Waals surface area contributed by atoms with E-state index in [0.717, 1.165) is 61.0 Å². The largest absolute Gasteiger partial charge is 0.383 e. The van der Waals surface area contributed by atoms with Crippen molar-refractivity contribution in [1.29, 1.82) is 0 Å². The third-order valence-electron chi connectivity index (χ3n) is 6.81. The molecule has 1 aliphatic heterocycles. The topological polar surface area (TPSA) is 53.8 Å². The van der Waals surface area contributed by atoms with Crippen LogP contribution >= 0.6 is 0 Å². The predicted octanol–water partition coefficient (Wildman–Crippen LogP) is 3.68. The molecule has 4 rings (SSSR count). The average molecular weight is 494 g/mol. The van der Waals surface area contributed by atoms with Crippen LogP contribution < -0.4 is 4.90 Å². The molecule has 0 spiro atoms. The first-order chi connectivity index (χ1) is 17.5. The maximum Gasteiger partial charge on any atom is 0.227 e. The van der Waals surface area contributed by atoms with Gasteiger partial charge in [0.2, 0.25) is 5.91 Å². The zero-order chi connectivity index (χ0) is 25.5. The molecule has 1 saturated heterocycles. The molecule has 2 aromatic carbocycles. The van der Waals surface area contributed by atoms with Gasteiger partial charge in [0.25, 0.3) is 0 Å². The van der Waals surface area contributed by atoms with E-state index in [4.69, 9.17) is 9.84 Å². The fourth-order valence-electron chi connectivity index (χ4n) is 4.66. The molecule has 192 valence electrons. The van der Waals surface area contributed by atoms with Gasteiger partial charge in [0.1, 0.15) is 11.6 Å². The minimum absolute atomic E-state index is 0.0210. The summed E-state index contributed by atoms with van der Waals surface area (Å²) in [7, 11) is 1.64. The van der Waals surface area contributed by atoms with E-state index in [2.05, 4.69) is 28.9 Å². The lowest BCUT2D eigenvalue weighted by molar-refractivity contribution is -0.131. The summed E-state index contributed by atoms with van der Waals surface area (Å²) in [5.74, 6) is 0.720. The van der Waals surface area contributed by atoms with Gasteiger partial charge in [-0.2, -0.15) is 5.10 Å². The molecule has 1 aromatic heterocycles. The van der Waals surface area contributed by atoms with Crippen molar-refractivity contribution in [3.63, 3.8) is 0 Å². The molecule has 1 amide bonds. The minimum atomic E-state index is -0.306. The van der Waals surface area contributed by atoms with Crippen LogP contribution in [0.25, 0.3) is 5.69 Å². The van der Waals surface area contributed by atoms with Crippen LogP contribution in [-0.4, -0.2) is 78.5 Å². The van der Waals surface area contributed by atoms with Gasteiger partial charge in [0, 0.05) is 45.4 Å². The van der Waals surface area contributed by atoms with E-state index < -0.39 is 0 Å². The number of nitrogens with zero attached hydrogens (tertiary/aromatic N) is 5. The predicted molar refractivity (Wildman–Crippen MR) is 140 cm³/mol. The van der Waals surface area contributed by atoms with Crippen molar-refractivity contribution < 1.29 is 13.9 Å². The molecule has 0 aliphatic carbocycles. The number of carbonyl (C=O) groups is 1. The lowest BCUT2D eigenvalue weighted by Crippen LogP contribution is -2.47. The molecule has 36 heavy (non-hydrogen) atoms. The summed E-state index contributed by atoms with van der Waals surface area (Å²) in [5.41, 5.74) is 3.74.